The number of benzene rings is 3. The van der Waals surface area contributed by atoms with Gasteiger partial charge in [-0.1, -0.05) is 54.2 Å². The van der Waals surface area contributed by atoms with Crippen LogP contribution in [0.4, 0.5) is 11.4 Å². The van der Waals surface area contributed by atoms with Crippen LogP contribution < -0.4 is 15.0 Å². The molecule has 1 atom stereocenters. The number of hydrogen-bond acceptors (Lipinski definition) is 4. The van der Waals surface area contributed by atoms with Gasteiger partial charge in [0, 0.05) is 17.6 Å². The minimum absolute atomic E-state index is 0.243. The molecule has 3 aromatic carbocycles. The highest BCUT2D eigenvalue weighted by molar-refractivity contribution is 8.02. The van der Waals surface area contributed by atoms with Crippen molar-refractivity contribution in [3.63, 3.8) is 0 Å². The summed E-state index contributed by atoms with van der Waals surface area (Å²) in [5, 5.41) is 2.91. The molecule has 4 rings (SSSR count). The third-order valence-corrected chi connectivity index (χ3v) is 6.35. The van der Waals surface area contributed by atoms with Crippen molar-refractivity contribution < 1.29 is 14.3 Å². The van der Waals surface area contributed by atoms with Crippen LogP contribution >= 0.6 is 11.8 Å². The van der Waals surface area contributed by atoms with Crippen LogP contribution in [0.1, 0.15) is 12.5 Å². The number of thioether (sulfide) groups is 1. The van der Waals surface area contributed by atoms with Crippen molar-refractivity contribution in [1.29, 1.82) is 0 Å². The lowest BCUT2D eigenvalue weighted by atomic mass is 10.1. The molecule has 0 spiro atoms. The van der Waals surface area contributed by atoms with Gasteiger partial charge in [0.05, 0.1) is 5.69 Å². The average Bonchev–Trinajstić information content (AvgIpc) is 2.77. The molecule has 1 unspecified atom stereocenters. The van der Waals surface area contributed by atoms with Gasteiger partial charge in [0.15, 0.2) is 4.75 Å². The van der Waals surface area contributed by atoms with Crippen molar-refractivity contribution >= 4 is 35.0 Å². The van der Waals surface area contributed by atoms with Crippen molar-refractivity contribution in [2.45, 2.75) is 23.2 Å². The Hall–Kier alpha value is -3.25. The lowest BCUT2D eigenvalue weighted by Crippen LogP contribution is -2.53. The molecule has 30 heavy (non-hydrogen) atoms. The third kappa shape index (κ3) is 3.91. The van der Waals surface area contributed by atoms with E-state index in [-0.39, 0.29) is 11.8 Å². The Labute approximate surface area is 180 Å². The maximum atomic E-state index is 13.1. The summed E-state index contributed by atoms with van der Waals surface area (Å²) in [5.41, 5.74) is 2.37. The van der Waals surface area contributed by atoms with E-state index in [9.17, 15) is 9.59 Å². The number of ether oxygens (including phenoxy) is 1. The molecule has 2 amide bonds. The fraction of sp³-hybridized carbons (Fsp3) is 0.167. The normalized spacial score (nSPS) is 17.9. The van der Waals surface area contributed by atoms with E-state index in [4.69, 9.17) is 4.74 Å². The first-order valence-corrected chi connectivity index (χ1v) is 10.4. The lowest BCUT2D eigenvalue weighted by Gasteiger charge is -2.36. The second-order valence-electron chi connectivity index (χ2n) is 7.22. The van der Waals surface area contributed by atoms with Gasteiger partial charge < -0.3 is 15.0 Å². The SMILES string of the molecule is CN1C(=O)C(C)(C(=O)Nc2cccc(COc3ccccc3)c2)Sc2ccccc21. The number of para-hydroxylation sites is 2. The van der Waals surface area contributed by atoms with Crippen LogP contribution in [0.15, 0.2) is 83.8 Å². The summed E-state index contributed by atoms with van der Waals surface area (Å²) < 4.78 is 4.53. The standard InChI is InChI=1S/C24H22N2O3S/c1-24(23(28)26(2)20-13-6-7-14-21(20)30-24)22(27)25-18-10-8-9-17(15-18)16-29-19-11-4-3-5-12-19/h3-15H,16H2,1-2H3,(H,25,27). The summed E-state index contributed by atoms with van der Waals surface area (Å²) in [5.74, 6) is 0.192. The van der Waals surface area contributed by atoms with Crippen molar-refractivity contribution in [2.75, 3.05) is 17.3 Å². The molecule has 152 valence electrons. The average molecular weight is 419 g/mol. The zero-order chi connectivity index (χ0) is 21.1. The predicted octanol–water partition coefficient (Wildman–Crippen LogP) is 4.73. The highest BCUT2D eigenvalue weighted by Crippen LogP contribution is 2.45. The fourth-order valence-corrected chi connectivity index (χ4v) is 4.59. The molecule has 1 heterocycles. The Balaban J connectivity index is 1.49. The number of hydrogen-bond donors (Lipinski definition) is 1. The van der Waals surface area contributed by atoms with Crippen molar-refractivity contribution in [2.24, 2.45) is 0 Å². The maximum Gasteiger partial charge on any atom is 0.252 e. The minimum Gasteiger partial charge on any atom is -0.489 e. The Morgan fingerprint density at radius 3 is 2.57 bits per heavy atom. The van der Waals surface area contributed by atoms with E-state index in [1.54, 1.807) is 18.9 Å². The topological polar surface area (TPSA) is 58.6 Å². The summed E-state index contributed by atoms with van der Waals surface area (Å²) in [6.07, 6.45) is 0. The van der Waals surface area contributed by atoms with Gasteiger partial charge in [-0.3, -0.25) is 9.59 Å². The van der Waals surface area contributed by atoms with Gasteiger partial charge >= 0.3 is 0 Å². The summed E-state index contributed by atoms with van der Waals surface area (Å²) in [4.78, 5) is 28.6. The van der Waals surface area contributed by atoms with Gasteiger partial charge in [-0.25, -0.2) is 0 Å². The molecule has 3 aromatic rings. The second-order valence-corrected chi connectivity index (χ2v) is 8.68. The molecule has 0 fully saturated rings. The van der Waals surface area contributed by atoms with E-state index < -0.39 is 4.75 Å². The number of carbonyl (C=O) groups excluding carboxylic acids is 2. The molecule has 1 aliphatic heterocycles. The first-order chi connectivity index (χ1) is 14.5. The number of nitrogens with zero attached hydrogens (tertiary/aromatic N) is 1. The first-order valence-electron chi connectivity index (χ1n) is 9.62. The van der Waals surface area contributed by atoms with Gasteiger partial charge in [-0.2, -0.15) is 0 Å². The van der Waals surface area contributed by atoms with Crippen LogP contribution in [0.2, 0.25) is 0 Å². The number of carbonyl (C=O) groups is 2. The number of fused-ring (bicyclic) bond motifs is 1. The lowest BCUT2D eigenvalue weighted by molar-refractivity contribution is -0.128. The Morgan fingerprint density at radius 1 is 1.03 bits per heavy atom. The summed E-state index contributed by atoms with van der Waals surface area (Å²) in [6, 6.07) is 24.6. The van der Waals surface area contributed by atoms with Crippen molar-refractivity contribution in [3.8, 4) is 5.75 Å². The molecule has 0 aliphatic carbocycles. The maximum absolute atomic E-state index is 13.1. The molecule has 0 aromatic heterocycles. The smallest absolute Gasteiger partial charge is 0.252 e. The monoisotopic (exact) mass is 418 g/mol. The van der Waals surface area contributed by atoms with Crippen LogP contribution in [0, 0.1) is 0 Å². The molecular formula is C24H22N2O3S. The van der Waals surface area contributed by atoms with Crippen molar-refractivity contribution in [3.05, 3.63) is 84.4 Å². The van der Waals surface area contributed by atoms with E-state index >= 15 is 0 Å². The van der Waals surface area contributed by atoms with Gasteiger partial charge in [0.2, 0.25) is 5.91 Å². The second kappa shape index (κ2) is 8.24. The quantitative estimate of drug-likeness (QED) is 0.609. The molecule has 0 saturated heterocycles. The van der Waals surface area contributed by atoms with Crippen LogP contribution in [-0.2, 0) is 16.2 Å². The fourth-order valence-electron chi connectivity index (χ4n) is 3.33. The van der Waals surface area contributed by atoms with E-state index in [0.717, 1.165) is 21.9 Å². The third-order valence-electron chi connectivity index (χ3n) is 5.02. The van der Waals surface area contributed by atoms with Gasteiger partial charge in [-0.15, -0.1) is 0 Å². The van der Waals surface area contributed by atoms with E-state index in [1.807, 2.05) is 78.9 Å². The summed E-state index contributed by atoms with van der Waals surface area (Å²) >= 11 is 1.28. The summed E-state index contributed by atoms with van der Waals surface area (Å²) in [7, 11) is 1.70. The predicted molar refractivity (Wildman–Crippen MR) is 120 cm³/mol. The Bertz CT molecular complexity index is 1090. The van der Waals surface area contributed by atoms with Crippen molar-refractivity contribution in [1.82, 2.24) is 0 Å². The largest absolute Gasteiger partial charge is 0.489 e. The zero-order valence-corrected chi connectivity index (χ0v) is 17.6. The first kappa shape index (κ1) is 20.0. The van der Waals surface area contributed by atoms with E-state index in [2.05, 4.69) is 5.32 Å². The molecule has 0 bridgehead atoms. The van der Waals surface area contributed by atoms with Gasteiger partial charge in [0.1, 0.15) is 12.4 Å². The Morgan fingerprint density at radius 2 is 1.77 bits per heavy atom. The van der Waals surface area contributed by atoms with Gasteiger partial charge in [0.25, 0.3) is 5.91 Å². The molecule has 0 radical (unpaired) electrons. The van der Waals surface area contributed by atoms with E-state index in [0.29, 0.717) is 12.3 Å². The number of anilines is 2. The number of rotatable bonds is 5. The van der Waals surface area contributed by atoms with Gasteiger partial charge in [-0.05, 0) is 48.9 Å². The molecule has 5 nitrogen and oxygen atoms in total. The molecular weight excluding hydrogens is 396 g/mol. The Kier molecular flexibility index (Phi) is 5.50. The van der Waals surface area contributed by atoms with Crippen LogP contribution in [0.5, 0.6) is 5.75 Å². The van der Waals surface area contributed by atoms with E-state index in [1.165, 1.54) is 11.8 Å². The highest BCUT2D eigenvalue weighted by Gasteiger charge is 2.48. The molecule has 6 heteroatoms. The van der Waals surface area contributed by atoms with Crippen LogP contribution in [-0.4, -0.2) is 23.6 Å². The van der Waals surface area contributed by atoms with Crippen LogP contribution in [0.3, 0.4) is 0 Å². The molecule has 1 aliphatic rings. The zero-order valence-electron chi connectivity index (χ0n) is 16.8. The number of nitrogens with one attached hydrogen (secondary N) is 1. The molecule has 0 saturated carbocycles. The minimum atomic E-state index is -1.25. The highest BCUT2D eigenvalue weighted by atomic mass is 32.2. The molecule has 1 N–H and O–H groups in total. The number of amides is 2. The van der Waals surface area contributed by atoms with Crippen LogP contribution in [0.25, 0.3) is 0 Å². The summed E-state index contributed by atoms with van der Waals surface area (Å²) in [6.45, 7) is 2.05.